The molecule has 0 radical (unpaired) electrons. The molecule has 2 aromatic heterocycles. The molecule has 2 aromatic carbocycles. The monoisotopic (exact) mass is 502 g/mol. The number of nitrogens with zero attached hydrogens (tertiary/aromatic N) is 5. The molecule has 2 heterocycles. The van der Waals surface area contributed by atoms with Crippen molar-refractivity contribution >= 4 is 33.9 Å². The third-order valence-electron chi connectivity index (χ3n) is 7.02. The van der Waals surface area contributed by atoms with Gasteiger partial charge in [0, 0.05) is 22.8 Å². The van der Waals surface area contributed by atoms with Gasteiger partial charge in [0.2, 0.25) is 0 Å². The van der Waals surface area contributed by atoms with Gasteiger partial charge >= 0.3 is 0 Å². The number of hydrogen-bond donors (Lipinski definition) is 2. The van der Waals surface area contributed by atoms with E-state index in [1.165, 1.54) is 18.3 Å². The summed E-state index contributed by atoms with van der Waals surface area (Å²) >= 11 is 6.69. The van der Waals surface area contributed by atoms with Crippen molar-refractivity contribution in [2.45, 2.75) is 56.6 Å². The van der Waals surface area contributed by atoms with Crippen molar-refractivity contribution in [3.05, 3.63) is 76.5 Å². The molecule has 4 aromatic rings. The Morgan fingerprint density at radius 1 is 1.28 bits per heavy atom. The smallest absolute Gasteiger partial charge is 0.123 e. The number of aromatic nitrogens is 4. The molecule has 0 saturated heterocycles. The van der Waals surface area contributed by atoms with E-state index >= 15 is 0 Å². The van der Waals surface area contributed by atoms with Gasteiger partial charge in [-0.05, 0) is 68.9 Å². The van der Waals surface area contributed by atoms with Crippen LogP contribution < -0.4 is 10.6 Å². The second-order valence-electron chi connectivity index (χ2n) is 9.87. The van der Waals surface area contributed by atoms with E-state index < -0.39 is 11.8 Å². The third kappa shape index (κ3) is 4.24. The first kappa shape index (κ1) is 21.6. The summed E-state index contributed by atoms with van der Waals surface area (Å²) in [6.45, 7) is 2.14. The highest BCUT2D eigenvalue weighted by Crippen LogP contribution is 2.41. The van der Waals surface area contributed by atoms with E-state index in [2.05, 4.69) is 38.9 Å². The van der Waals surface area contributed by atoms with Crippen LogP contribution in [0.4, 0.5) is 15.8 Å². The number of pyridine rings is 1. The molecule has 0 bridgehead atoms. The van der Waals surface area contributed by atoms with Gasteiger partial charge < -0.3 is 10.6 Å². The average Bonchev–Trinajstić information content (AvgIpc) is 3.59. The zero-order valence-electron chi connectivity index (χ0n) is 20.7. The van der Waals surface area contributed by atoms with E-state index in [4.69, 9.17) is 11.6 Å². The minimum absolute atomic E-state index is 0.107. The molecule has 0 aliphatic heterocycles. The van der Waals surface area contributed by atoms with Crippen molar-refractivity contribution in [3.63, 3.8) is 0 Å². The largest absolute Gasteiger partial charge is 0.378 e. The summed E-state index contributed by atoms with van der Waals surface area (Å²) in [6.07, 6.45) is 8.50. The number of nitriles is 1. The van der Waals surface area contributed by atoms with E-state index in [1.54, 1.807) is 29.1 Å². The molecular weight excluding hydrogens is 477 g/mol. The highest BCUT2D eigenvalue weighted by atomic mass is 35.5. The molecule has 6 rings (SSSR count). The van der Waals surface area contributed by atoms with Crippen LogP contribution in [0.1, 0.15) is 69.3 Å². The van der Waals surface area contributed by atoms with Crippen molar-refractivity contribution in [2.75, 3.05) is 10.6 Å². The highest BCUT2D eigenvalue weighted by molar-refractivity contribution is 6.35. The minimum atomic E-state index is -1.58. The SMILES string of the molecule is [2H][C@@](Nc1cc(Cl)c2ncc(C#N)c(NC3(C)CCC3)c2c1)(c1ccc(F)cc1)c1cn(C2CC2)nn1. The van der Waals surface area contributed by atoms with Crippen LogP contribution in [-0.4, -0.2) is 25.5 Å². The Morgan fingerprint density at radius 3 is 2.72 bits per heavy atom. The number of halogens is 2. The predicted octanol–water partition coefficient (Wildman–Crippen LogP) is 6.38. The summed E-state index contributed by atoms with van der Waals surface area (Å²) in [7, 11) is 0. The molecule has 36 heavy (non-hydrogen) atoms. The van der Waals surface area contributed by atoms with E-state index in [9.17, 15) is 11.0 Å². The Bertz CT molecular complexity index is 1540. The van der Waals surface area contributed by atoms with Gasteiger partial charge in [0.25, 0.3) is 0 Å². The average molecular weight is 503 g/mol. The highest BCUT2D eigenvalue weighted by Gasteiger charge is 2.33. The van der Waals surface area contributed by atoms with Crippen LogP contribution in [0.25, 0.3) is 10.9 Å². The lowest BCUT2D eigenvalue weighted by molar-refractivity contribution is 0.307. The van der Waals surface area contributed by atoms with Crippen LogP contribution in [0.2, 0.25) is 5.02 Å². The number of nitrogens with one attached hydrogen (secondary N) is 2. The topological polar surface area (TPSA) is 91.5 Å². The molecule has 2 N–H and O–H groups in total. The molecule has 2 aliphatic rings. The van der Waals surface area contributed by atoms with Crippen molar-refractivity contribution in [1.82, 2.24) is 20.0 Å². The number of benzene rings is 2. The Hall–Kier alpha value is -3.70. The third-order valence-corrected chi connectivity index (χ3v) is 7.31. The van der Waals surface area contributed by atoms with Crippen molar-refractivity contribution in [2.24, 2.45) is 0 Å². The summed E-state index contributed by atoms with van der Waals surface area (Å²) in [5.41, 5.74) is 2.98. The van der Waals surface area contributed by atoms with Crippen LogP contribution in [0.3, 0.4) is 0 Å². The molecule has 1 atom stereocenters. The molecule has 2 fully saturated rings. The first-order valence-corrected chi connectivity index (χ1v) is 12.4. The summed E-state index contributed by atoms with van der Waals surface area (Å²) in [5.74, 6) is -0.392. The lowest BCUT2D eigenvalue weighted by Gasteiger charge is -2.40. The Balaban J connectivity index is 1.47. The number of rotatable bonds is 7. The number of fused-ring (bicyclic) bond motifs is 1. The van der Waals surface area contributed by atoms with Crippen molar-refractivity contribution in [1.29, 1.82) is 5.26 Å². The van der Waals surface area contributed by atoms with Gasteiger partial charge in [0.1, 0.15) is 17.6 Å². The predicted molar refractivity (Wildman–Crippen MR) is 138 cm³/mol. The quantitative estimate of drug-likeness (QED) is 0.304. The first-order chi connectivity index (χ1) is 17.8. The normalized spacial score (nSPS) is 18.6. The molecule has 2 saturated carbocycles. The van der Waals surface area contributed by atoms with Crippen LogP contribution in [0.15, 0.2) is 48.8 Å². The van der Waals surface area contributed by atoms with Gasteiger partial charge in [-0.2, -0.15) is 5.26 Å². The van der Waals surface area contributed by atoms with Crippen LogP contribution in [0, 0.1) is 17.1 Å². The molecule has 2 aliphatic carbocycles. The fraction of sp³-hybridized carbons (Fsp3) is 0.333. The van der Waals surface area contributed by atoms with Gasteiger partial charge in [0.05, 0.1) is 41.4 Å². The lowest BCUT2D eigenvalue weighted by Crippen LogP contribution is -2.41. The van der Waals surface area contributed by atoms with Gasteiger partial charge in [-0.25, -0.2) is 9.07 Å². The van der Waals surface area contributed by atoms with Crippen molar-refractivity contribution < 1.29 is 5.76 Å². The summed E-state index contributed by atoms with van der Waals surface area (Å²) in [4.78, 5) is 4.44. The standard InChI is InChI=1S/C27H25ClFN7/c1-27(9-2-10-27)33-24-17(13-30)14-31-26-21(24)11-19(12-22(26)28)32-25(16-3-5-18(29)6-4-16)23-15-36(35-34-23)20-7-8-20/h3-6,11-12,14-15,20,25,32H,2,7-10H2,1H3,(H,31,33)/t25-/m1/s1/i25D. The fourth-order valence-electron chi connectivity index (χ4n) is 4.64. The molecule has 0 spiro atoms. The van der Waals surface area contributed by atoms with Gasteiger partial charge in [-0.3, -0.25) is 4.98 Å². The zero-order chi connectivity index (χ0) is 25.8. The van der Waals surface area contributed by atoms with E-state index in [0.717, 1.165) is 32.1 Å². The van der Waals surface area contributed by atoms with Crippen LogP contribution in [0.5, 0.6) is 0 Å². The number of anilines is 2. The summed E-state index contributed by atoms with van der Waals surface area (Å²) in [5, 5.41) is 26.3. The Morgan fingerprint density at radius 2 is 2.06 bits per heavy atom. The van der Waals surface area contributed by atoms with Gasteiger partial charge in [0.15, 0.2) is 0 Å². The number of hydrogen-bond acceptors (Lipinski definition) is 6. The molecule has 182 valence electrons. The molecule has 7 nitrogen and oxygen atoms in total. The van der Waals surface area contributed by atoms with Gasteiger partial charge in [-0.15, -0.1) is 5.10 Å². The van der Waals surface area contributed by atoms with E-state index in [0.29, 0.717) is 50.2 Å². The maximum atomic E-state index is 13.8. The second-order valence-corrected chi connectivity index (χ2v) is 10.3. The molecule has 0 unspecified atom stereocenters. The second kappa shape index (κ2) is 8.75. The summed E-state index contributed by atoms with van der Waals surface area (Å²) < 4.78 is 25.0. The van der Waals surface area contributed by atoms with E-state index in [-0.39, 0.29) is 5.54 Å². The molecule has 0 amide bonds. The fourth-order valence-corrected chi connectivity index (χ4v) is 4.91. The van der Waals surface area contributed by atoms with Crippen LogP contribution in [-0.2, 0) is 0 Å². The van der Waals surface area contributed by atoms with E-state index in [1.807, 2.05) is 6.07 Å². The van der Waals surface area contributed by atoms with Crippen molar-refractivity contribution in [3.8, 4) is 6.07 Å². The lowest BCUT2D eigenvalue weighted by atomic mass is 9.78. The maximum absolute atomic E-state index is 13.8. The van der Waals surface area contributed by atoms with Gasteiger partial charge in [-0.1, -0.05) is 28.9 Å². The summed E-state index contributed by atoms with van der Waals surface area (Å²) in [6, 6.07) is 10.3. The Labute approximate surface area is 214 Å². The Kier molecular flexibility index (Phi) is 5.24. The molecular formula is C27H25ClFN7. The molecule has 9 heteroatoms. The maximum Gasteiger partial charge on any atom is 0.123 e. The van der Waals surface area contributed by atoms with Crippen LogP contribution >= 0.6 is 11.6 Å². The first-order valence-electron chi connectivity index (χ1n) is 12.6. The minimum Gasteiger partial charge on any atom is -0.378 e. The zero-order valence-corrected chi connectivity index (χ0v) is 20.5.